The quantitative estimate of drug-likeness (QED) is 0.654. The van der Waals surface area contributed by atoms with Gasteiger partial charge in [0.15, 0.2) is 0 Å². The minimum absolute atomic E-state index is 0.0196. The number of rotatable bonds is 5. The summed E-state index contributed by atoms with van der Waals surface area (Å²) in [6.45, 7) is 2.85. The predicted molar refractivity (Wildman–Crippen MR) is 105 cm³/mol. The van der Waals surface area contributed by atoms with Gasteiger partial charge >= 0.3 is 0 Å². The number of nitrogens with zero attached hydrogens (tertiary/aromatic N) is 1. The van der Waals surface area contributed by atoms with Crippen LogP contribution >= 0.6 is 11.8 Å². The van der Waals surface area contributed by atoms with Gasteiger partial charge in [-0.2, -0.15) is 0 Å². The lowest BCUT2D eigenvalue weighted by Crippen LogP contribution is -2.13. The number of benzene rings is 2. The molecule has 2 aromatic carbocycles. The lowest BCUT2D eigenvalue weighted by Gasteiger charge is -2.05. The maximum atomic E-state index is 12.2. The molecule has 2 heterocycles. The summed E-state index contributed by atoms with van der Waals surface area (Å²) >= 11 is 1.53. The number of imidazole rings is 1. The van der Waals surface area contributed by atoms with Crippen molar-refractivity contribution in [3.63, 3.8) is 0 Å². The van der Waals surface area contributed by atoms with Crippen molar-refractivity contribution in [1.29, 1.82) is 0 Å². The zero-order valence-corrected chi connectivity index (χ0v) is 15.4. The maximum Gasteiger partial charge on any atom is 0.234 e. The van der Waals surface area contributed by atoms with Crippen LogP contribution in [0.15, 0.2) is 47.4 Å². The van der Waals surface area contributed by atoms with Gasteiger partial charge in [-0.15, -0.1) is 11.8 Å². The first-order chi connectivity index (χ1) is 12.7. The summed E-state index contributed by atoms with van der Waals surface area (Å²) in [7, 11) is 0. The molecule has 1 aliphatic heterocycles. The van der Waals surface area contributed by atoms with Gasteiger partial charge < -0.3 is 15.0 Å². The molecule has 1 amide bonds. The smallest absolute Gasteiger partial charge is 0.234 e. The highest BCUT2D eigenvalue weighted by atomic mass is 32.2. The number of aryl methyl sites for hydroxylation is 1. The molecule has 3 aromatic rings. The Balaban J connectivity index is 1.39. The van der Waals surface area contributed by atoms with Crippen LogP contribution in [0, 0.1) is 6.92 Å². The molecule has 0 bridgehead atoms. The Hall–Kier alpha value is -2.31. The van der Waals surface area contributed by atoms with Crippen LogP contribution in [-0.4, -0.2) is 28.2 Å². The Kier molecular flexibility index (Phi) is 4.95. The highest BCUT2D eigenvalue weighted by molar-refractivity contribution is 8.00. The van der Waals surface area contributed by atoms with E-state index in [0.717, 1.165) is 46.9 Å². The molecule has 1 aromatic heterocycles. The van der Waals surface area contributed by atoms with Crippen molar-refractivity contribution in [2.75, 3.05) is 17.7 Å². The molecule has 134 valence electrons. The van der Waals surface area contributed by atoms with Gasteiger partial charge in [0, 0.05) is 17.2 Å². The van der Waals surface area contributed by atoms with E-state index in [1.165, 1.54) is 17.3 Å². The normalized spacial score (nSPS) is 16.9. The molecule has 1 unspecified atom stereocenters. The molecule has 1 fully saturated rings. The molecule has 0 radical (unpaired) electrons. The predicted octanol–water partition coefficient (Wildman–Crippen LogP) is 4.45. The fourth-order valence-corrected chi connectivity index (χ4v) is 3.73. The standard InChI is InChI=1S/C20H21N3O2S/c1-13-4-7-15(8-5-13)26-12-19(24)21-14-6-9-16-17(11-14)23-20(22-16)18-3-2-10-25-18/h4-9,11,18H,2-3,10,12H2,1H3,(H,21,24)(H,22,23). The van der Waals surface area contributed by atoms with Crippen molar-refractivity contribution in [2.45, 2.75) is 30.8 Å². The van der Waals surface area contributed by atoms with Crippen molar-refractivity contribution < 1.29 is 9.53 Å². The van der Waals surface area contributed by atoms with E-state index in [4.69, 9.17) is 4.74 Å². The van der Waals surface area contributed by atoms with Gasteiger partial charge in [0.05, 0.1) is 16.8 Å². The van der Waals surface area contributed by atoms with E-state index in [-0.39, 0.29) is 12.0 Å². The first-order valence-electron chi connectivity index (χ1n) is 8.78. The lowest BCUT2D eigenvalue weighted by molar-refractivity contribution is -0.113. The zero-order valence-electron chi connectivity index (χ0n) is 14.6. The number of fused-ring (bicyclic) bond motifs is 1. The fraction of sp³-hybridized carbons (Fsp3) is 0.300. The molecule has 0 spiro atoms. The van der Waals surface area contributed by atoms with Gasteiger partial charge in [-0.3, -0.25) is 4.79 Å². The third-order valence-corrected chi connectivity index (χ3v) is 5.42. The maximum absolute atomic E-state index is 12.2. The summed E-state index contributed by atoms with van der Waals surface area (Å²) in [5, 5.41) is 2.96. The van der Waals surface area contributed by atoms with Crippen molar-refractivity contribution in [3.05, 3.63) is 53.9 Å². The topological polar surface area (TPSA) is 67.0 Å². The van der Waals surface area contributed by atoms with Crippen LogP contribution in [0.1, 0.15) is 30.3 Å². The number of hydrogen-bond acceptors (Lipinski definition) is 4. The van der Waals surface area contributed by atoms with Crippen LogP contribution in [0.3, 0.4) is 0 Å². The first-order valence-corrected chi connectivity index (χ1v) is 9.76. The Morgan fingerprint density at radius 2 is 2.15 bits per heavy atom. The van der Waals surface area contributed by atoms with E-state index in [0.29, 0.717) is 5.75 Å². The van der Waals surface area contributed by atoms with E-state index in [1.54, 1.807) is 0 Å². The summed E-state index contributed by atoms with van der Waals surface area (Å²) in [6.07, 6.45) is 2.13. The third kappa shape index (κ3) is 3.92. The molecular weight excluding hydrogens is 346 g/mol. The number of H-pyrrole nitrogens is 1. The molecule has 2 N–H and O–H groups in total. The van der Waals surface area contributed by atoms with Crippen LogP contribution in [0.4, 0.5) is 5.69 Å². The molecule has 1 atom stereocenters. The SMILES string of the molecule is Cc1ccc(SCC(=O)Nc2ccc3nc(C4CCCO4)[nH]c3c2)cc1. The molecule has 6 heteroatoms. The summed E-state index contributed by atoms with van der Waals surface area (Å²) < 4.78 is 5.68. The van der Waals surface area contributed by atoms with Gasteiger partial charge in [0.1, 0.15) is 11.9 Å². The average Bonchev–Trinajstić information content (AvgIpc) is 3.30. The van der Waals surface area contributed by atoms with Crippen LogP contribution in [0.2, 0.25) is 0 Å². The number of ether oxygens (including phenoxy) is 1. The van der Waals surface area contributed by atoms with E-state index < -0.39 is 0 Å². The molecule has 5 nitrogen and oxygen atoms in total. The second kappa shape index (κ2) is 7.51. The highest BCUT2D eigenvalue weighted by Gasteiger charge is 2.21. The Morgan fingerprint density at radius 3 is 2.92 bits per heavy atom. The summed E-state index contributed by atoms with van der Waals surface area (Å²) in [5.74, 6) is 1.23. The number of aromatic amines is 1. The summed E-state index contributed by atoms with van der Waals surface area (Å²) in [6, 6.07) is 13.9. The molecule has 26 heavy (non-hydrogen) atoms. The van der Waals surface area contributed by atoms with Gasteiger partial charge in [0.2, 0.25) is 5.91 Å². The molecule has 0 aliphatic carbocycles. The number of carbonyl (C=O) groups excluding carboxylic acids is 1. The number of nitrogens with one attached hydrogen (secondary N) is 2. The second-order valence-electron chi connectivity index (χ2n) is 6.51. The zero-order chi connectivity index (χ0) is 17.9. The number of carbonyl (C=O) groups is 1. The van der Waals surface area contributed by atoms with E-state index >= 15 is 0 Å². The van der Waals surface area contributed by atoms with E-state index in [9.17, 15) is 4.79 Å². The van der Waals surface area contributed by atoms with Gasteiger partial charge in [-0.05, 0) is 50.1 Å². The van der Waals surface area contributed by atoms with Crippen LogP contribution in [0.5, 0.6) is 0 Å². The van der Waals surface area contributed by atoms with Gasteiger partial charge in [0.25, 0.3) is 0 Å². The molecule has 1 aliphatic rings. The average molecular weight is 367 g/mol. The Bertz CT molecular complexity index is 914. The monoisotopic (exact) mass is 367 g/mol. The number of aromatic nitrogens is 2. The lowest BCUT2D eigenvalue weighted by atomic mass is 10.2. The number of anilines is 1. The highest BCUT2D eigenvalue weighted by Crippen LogP contribution is 2.28. The minimum atomic E-state index is -0.0196. The van der Waals surface area contributed by atoms with Crippen molar-refractivity contribution >= 4 is 34.4 Å². The summed E-state index contributed by atoms with van der Waals surface area (Å²) in [5.41, 5.74) is 3.80. The van der Waals surface area contributed by atoms with Gasteiger partial charge in [-0.25, -0.2) is 4.98 Å². The first kappa shape index (κ1) is 17.1. The van der Waals surface area contributed by atoms with Crippen LogP contribution in [0.25, 0.3) is 11.0 Å². The Morgan fingerprint density at radius 1 is 1.31 bits per heavy atom. The molecule has 4 rings (SSSR count). The van der Waals surface area contributed by atoms with Crippen LogP contribution < -0.4 is 5.32 Å². The third-order valence-electron chi connectivity index (χ3n) is 4.41. The Labute approximate surface area is 156 Å². The van der Waals surface area contributed by atoms with Crippen molar-refractivity contribution in [3.8, 4) is 0 Å². The number of amides is 1. The molecule has 0 saturated carbocycles. The largest absolute Gasteiger partial charge is 0.370 e. The number of thioether (sulfide) groups is 1. The molecule has 1 saturated heterocycles. The molecular formula is C20H21N3O2S. The van der Waals surface area contributed by atoms with Gasteiger partial charge in [-0.1, -0.05) is 17.7 Å². The van der Waals surface area contributed by atoms with E-state index in [2.05, 4.69) is 34.3 Å². The van der Waals surface area contributed by atoms with Crippen molar-refractivity contribution in [2.24, 2.45) is 0 Å². The summed E-state index contributed by atoms with van der Waals surface area (Å²) in [4.78, 5) is 21.2. The second-order valence-corrected chi connectivity index (χ2v) is 7.55. The number of hydrogen-bond donors (Lipinski definition) is 2. The van der Waals surface area contributed by atoms with E-state index in [1.807, 2.05) is 30.3 Å². The minimum Gasteiger partial charge on any atom is -0.370 e. The van der Waals surface area contributed by atoms with Crippen LogP contribution in [-0.2, 0) is 9.53 Å². The fourth-order valence-electron chi connectivity index (χ4n) is 3.03. The van der Waals surface area contributed by atoms with Crippen molar-refractivity contribution in [1.82, 2.24) is 9.97 Å².